The molecule has 0 saturated carbocycles. The molecule has 1 atom stereocenters. The summed E-state index contributed by atoms with van der Waals surface area (Å²) >= 11 is 3.59. The van der Waals surface area contributed by atoms with E-state index in [1.807, 2.05) is 12.1 Å². The first-order valence-electron chi connectivity index (χ1n) is 7.20. The first-order valence-corrected chi connectivity index (χ1v) is 7.99. The number of fused-ring (bicyclic) bond motifs is 1. The van der Waals surface area contributed by atoms with E-state index in [0.29, 0.717) is 19.8 Å². The van der Waals surface area contributed by atoms with Crippen LogP contribution in [0.15, 0.2) is 40.9 Å². The fourth-order valence-corrected chi connectivity index (χ4v) is 3.06. The van der Waals surface area contributed by atoms with E-state index in [4.69, 9.17) is 9.47 Å². The molecule has 0 aliphatic carbocycles. The highest BCUT2D eigenvalue weighted by Crippen LogP contribution is 2.37. The highest BCUT2D eigenvalue weighted by atomic mass is 79.9. The molecule has 1 aliphatic heterocycles. The van der Waals surface area contributed by atoms with Gasteiger partial charge in [-0.15, -0.1) is 0 Å². The van der Waals surface area contributed by atoms with E-state index in [1.54, 1.807) is 12.1 Å². The highest BCUT2D eigenvalue weighted by molar-refractivity contribution is 9.10. The number of hydrogen-bond donors (Lipinski definition) is 1. The Morgan fingerprint density at radius 1 is 1.14 bits per heavy atom. The van der Waals surface area contributed by atoms with Gasteiger partial charge in [-0.1, -0.05) is 28.1 Å². The van der Waals surface area contributed by atoms with Crippen molar-refractivity contribution in [3.63, 3.8) is 0 Å². The molecule has 2 aromatic carbocycles. The Morgan fingerprint density at radius 3 is 2.45 bits per heavy atom. The van der Waals surface area contributed by atoms with Crippen molar-refractivity contribution < 1.29 is 13.9 Å². The van der Waals surface area contributed by atoms with E-state index < -0.39 is 0 Å². The van der Waals surface area contributed by atoms with Gasteiger partial charge < -0.3 is 14.8 Å². The number of nitrogens with one attached hydrogen (secondary N) is 1. The second-order valence-corrected chi connectivity index (χ2v) is 6.10. The molecule has 0 bridgehead atoms. The van der Waals surface area contributed by atoms with Gasteiger partial charge in [0.05, 0.1) is 0 Å². The zero-order valence-corrected chi connectivity index (χ0v) is 13.8. The standard InChI is InChI=1S/C17H17BrFNO2/c1-11(20-10-12-2-4-13(19)5-3-12)14-8-16-17(9-15(14)18)22-7-6-21-16/h2-5,8-9,11,20H,6-7,10H2,1H3. The van der Waals surface area contributed by atoms with Gasteiger partial charge in [-0.05, 0) is 42.3 Å². The maximum absolute atomic E-state index is 12.9. The molecule has 1 unspecified atom stereocenters. The lowest BCUT2D eigenvalue weighted by molar-refractivity contribution is 0.171. The molecule has 0 amide bonds. The van der Waals surface area contributed by atoms with E-state index in [1.165, 1.54) is 12.1 Å². The number of rotatable bonds is 4. The maximum Gasteiger partial charge on any atom is 0.162 e. The molecular formula is C17H17BrFNO2. The Balaban J connectivity index is 1.71. The summed E-state index contributed by atoms with van der Waals surface area (Å²) in [5.41, 5.74) is 2.15. The minimum absolute atomic E-state index is 0.121. The quantitative estimate of drug-likeness (QED) is 0.880. The van der Waals surface area contributed by atoms with Crippen molar-refractivity contribution in [3.05, 3.63) is 57.8 Å². The predicted octanol–water partition coefficient (Wildman–Crippen LogP) is 4.21. The Labute approximate surface area is 137 Å². The molecule has 116 valence electrons. The molecule has 22 heavy (non-hydrogen) atoms. The molecule has 5 heteroatoms. The first-order chi connectivity index (χ1) is 10.6. The molecule has 1 heterocycles. The van der Waals surface area contributed by atoms with Crippen molar-refractivity contribution in [2.75, 3.05) is 13.2 Å². The third kappa shape index (κ3) is 3.42. The van der Waals surface area contributed by atoms with Gasteiger partial charge in [0.2, 0.25) is 0 Å². The summed E-state index contributed by atoms with van der Waals surface area (Å²) in [7, 11) is 0. The third-order valence-electron chi connectivity index (χ3n) is 3.65. The number of halogens is 2. The first kappa shape index (κ1) is 15.3. The highest BCUT2D eigenvalue weighted by Gasteiger charge is 2.17. The molecule has 0 spiro atoms. The summed E-state index contributed by atoms with van der Waals surface area (Å²) < 4.78 is 25.1. The van der Waals surface area contributed by atoms with Crippen molar-refractivity contribution >= 4 is 15.9 Å². The Hall–Kier alpha value is -1.59. The Morgan fingerprint density at radius 2 is 1.77 bits per heavy atom. The topological polar surface area (TPSA) is 30.5 Å². The molecule has 2 aromatic rings. The van der Waals surface area contributed by atoms with Crippen LogP contribution in [0.5, 0.6) is 11.5 Å². The molecule has 1 N–H and O–H groups in total. The van der Waals surface area contributed by atoms with E-state index in [9.17, 15) is 4.39 Å². The van der Waals surface area contributed by atoms with Crippen LogP contribution in [0.4, 0.5) is 4.39 Å². The van der Waals surface area contributed by atoms with E-state index in [-0.39, 0.29) is 11.9 Å². The van der Waals surface area contributed by atoms with Gasteiger partial charge >= 0.3 is 0 Å². The molecular weight excluding hydrogens is 349 g/mol. The second-order valence-electron chi connectivity index (χ2n) is 5.25. The number of ether oxygens (including phenoxy) is 2. The number of benzene rings is 2. The molecule has 0 radical (unpaired) electrons. The summed E-state index contributed by atoms with van der Waals surface area (Å²) in [5.74, 6) is 1.33. The van der Waals surface area contributed by atoms with Crippen molar-refractivity contribution in [1.29, 1.82) is 0 Å². The number of hydrogen-bond acceptors (Lipinski definition) is 3. The van der Waals surface area contributed by atoms with Gasteiger partial charge in [-0.3, -0.25) is 0 Å². The van der Waals surface area contributed by atoms with Crippen LogP contribution in [0.25, 0.3) is 0 Å². The fraction of sp³-hybridized carbons (Fsp3) is 0.294. The molecule has 0 saturated heterocycles. The van der Waals surface area contributed by atoms with Crippen LogP contribution in [0.3, 0.4) is 0 Å². The molecule has 0 fully saturated rings. The van der Waals surface area contributed by atoms with Crippen molar-refractivity contribution in [2.45, 2.75) is 19.5 Å². The normalized spacial score (nSPS) is 14.7. The van der Waals surface area contributed by atoms with Gasteiger partial charge in [-0.25, -0.2) is 4.39 Å². The van der Waals surface area contributed by atoms with Gasteiger partial charge in [0.15, 0.2) is 11.5 Å². The molecule has 3 rings (SSSR count). The van der Waals surface area contributed by atoms with Crippen LogP contribution >= 0.6 is 15.9 Å². The molecule has 1 aliphatic rings. The summed E-state index contributed by atoms with van der Waals surface area (Å²) in [4.78, 5) is 0. The van der Waals surface area contributed by atoms with Crippen molar-refractivity contribution in [3.8, 4) is 11.5 Å². The zero-order valence-electron chi connectivity index (χ0n) is 12.2. The Bertz CT molecular complexity index is 660. The smallest absolute Gasteiger partial charge is 0.162 e. The summed E-state index contributed by atoms with van der Waals surface area (Å²) in [5, 5.41) is 3.43. The van der Waals surface area contributed by atoms with Gasteiger partial charge in [0.25, 0.3) is 0 Å². The van der Waals surface area contributed by atoms with E-state index in [2.05, 4.69) is 28.2 Å². The van der Waals surface area contributed by atoms with Gasteiger partial charge in [0.1, 0.15) is 19.0 Å². The largest absolute Gasteiger partial charge is 0.486 e. The summed E-state index contributed by atoms with van der Waals surface area (Å²) in [6, 6.07) is 10.6. The van der Waals surface area contributed by atoms with Crippen LogP contribution in [0.1, 0.15) is 24.1 Å². The van der Waals surface area contributed by atoms with E-state index >= 15 is 0 Å². The monoisotopic (exact) mass is 365 g/mol. The van der Waals surface area contributed by atoms with Gasteiger partial charge in [-0.2, -0.15) is 0 Å². The van der Waals surface area contributed by atoms with E-state index in [0.717, 1.165) is 27.1 Å². The summed E-state index contributed by atoms with van der Waals surface area (Å²) in [6.45, 7) is 3.91. The zero-order chi connectivity index (χ0) is 15.5. The lowest BCUT2D eigenvalue weighted by Gasteiger charge is -2.22. The maximum atomic E-state index is 12.9. The van der Waals surface area contributed by atoms with Crippen molar-refractivity contribution in [2.24, 2.45) is 0 Å². The second kappa shape index (κ2) is 6.67. The summed E-state index contributed by atoms with van der Waals surface area (Å²) in [6.07, 6.45) is 0. The molecule has 0 aromatic heterocycles. The Kier molecular flexibility index (Phi) is 4.64. The molecule has 3 nitrogen and oxygen atoms in total. The SMILES string of the molecule is CC(NCc1ccc(F)cc1)c1cc2c(cc1Br)OCCO2. The minimum atomic E-state index is -0.216. The van der Waals surface area contributed by atoms with Gasteiger partial charge in [0, 0.05) is 17.1 Å². The lowest BCUT2D eigenvalue weighted by Crippen LogP contribution is -2.20. The van der Waals surface area contributed by atoms with Crippen LogP contribution in [-0.2, 0) is 6.54 Å². The van der Waals surface area contributed by atoms with Crippen LogP contribution in [-0.4, -0.2) is 13.2 Å². The van der Waals surface area contributed by atoms with Crippen molar-refractivity contribution in [1.82, 2.24) is 5.32 Å². The van der Waals surface area contributed by atoms with Crippen LogP contribution in [0, 0.1) is 5.82 Å². The minimum Gasteiger partial charge on any atom is -0.486 e. The average molecular weight is 366 g/mol. The van der Waals surface area contributed by atoms with Crippen LogP contribution in [0.2, 0.25) is 0 Å². The fourth-order valence-electron chi connectivity index (χ4n) is 2.39. The van der Waals surface area contributed by atoms with Crippen LogP contribution < -0.4 is 14.8 Å². The third-order valence-corrected chi connectivity index (χ3v) is 4.34. The predicted molar refractivity (Wildman–Crippen MR) is 86.8 cm³/mol. The average Bonchev–Trinajstić information content (AvgIpc) is 2.53. The lowest BCUT2D eigenvalue weighted by atomic mass is 10.1.